The van der Waals surface area contributed by atoms with Crippen LogP contribution in [0.5, 0.6) is 0 Å². The molecule has 0 saturated carbocycles. The smallest absolute Gasteiger partial charge is 0.128 e. The first-order valence-corrected chi connectivity index (χ1v) is 12.7. The van der Waals surface area contributed by atoms with Gasteiger partial charge in [0.25, 0.3) is 0 Å². The summed E-state index contributed by atoms with van der Waals surface area (Å²) in [6, 6.07) is 45.8. The number of aromatic nitrogens is 1. The normalized spacial score (nSPS) is 11.5. The van der Waals surface area contributed by atoms with Gasteiger partial charge in [0, 0.05) is 28.6 Å². The summed E-state index contributed by atoms with van der Waals surface area (Å²) in [4.78, 5) is 4.90. The van der Waals surface area contributed by atoms with E-state index in [-0.39, 0.29) is 0 Å². The van der Waals surface area contributed by atoms with E-state index in [0.29, 0.717) is 18.7 Å². The summed E-state index contributed by atoms with van der Waals surface area (Å²) < 4.78 is 2.34. The van der Waals surface area contributed by atoms with E-state index in [1.807, 2.05) is 42.5 Å². The van der Waals surface area contributed by atoms with E-state index in [0.717, 1.165) is 22.6 Å². The Hall–Kier alpha value is -5.14. The summed E-state index contributed by atoms with van der Waals surface area (Å²) in [5.74, 6) is 0.829. The molecule has 6 aromatic rings. The van der Waals surface area contributed by atoms with Gasteiger partial charge in [0.05, 0.1) is 29.2 Å². The lowest BCUT2D eigenvalue weighted by molar-refractivity contribution is 0.894. The van der Waals surface area contributed by atoms with Crippen LogP contribution in [-0.2, 0) is 13.1 Å². The molecular weight excluding hydrogens is 464 g/mol. The molecule has 1 N–H and O–H groups in total. The van der Waals surface area contributed by atoms with Crippen LogP contribution in [0.3, 0.4) is 0 Å². The van der Waals surface area contributed by atoms with Crippen molar-refractivity contribution in [2.45, 2.75) is 13.1 Å². The van der Waals surface area contributed by atoms with Crippen molar-refractivity contribution in [3.63, 3.8) is 0 Å². The number of hydrogen-bond acceptors (Lipinski definition) is 2. The lowest BCUT2D eigenvalue weighted by atomic mass is 10.1. The molecule has 1 aromatic heterocycles. The minimum atomic E-state index is 0.494. The molecule has 182 valence electrons. The predicted molar refractivity (Wildman–Crippen MR) is 155 cm³/mol. The summed E-state index contributed by atoms with van der Waals surface area (Å²) >= 11 is 0. The van der Waals surface area contributed by atoms with Crippen molar-refractivity contribution < 1.29 is 0 Å². The SMILES string of the molecule is N#Cc1cccc(CN=C(NCc2cccc(-n3c4ccccc4c4ccccc43)c2)c2ccccc2)c1. The molecule has 0 amide bonds. The molecule has 0 aliphatic rings. The van der Waals surface area contributed by atoms with Crippen LogP contribution in [0.15, 0.2) is 132 Å². The van der Waals surface area contributed by atoms with Crippen LogP contribution in [0.1, 0.15) is 22.3 Å². The van der Waals surface area contributed by atoms with Gasteiger partial charge in [0.15, 0.2) is 0 Å². The molecule has 0 fully saturated rings. The van der Waals surface area contributed by atoms with Gasteiger partial charge in [-0.2, -0.15) is 5.26 Å². The van der Waals surface area contributed by atoms with Crippen molar-refractivity contribution in [3.8, 4) is 11.8 Å². The van der Waals surface area contributed by atoms with Crippen LogP contribution >= 0.6 is 0 Å². The van der Waals surface area contributed by atoms with E-state index < -0.39 is 0 Å². The molecule has 4 heteroatoms. The van der Waals surface area contributed by atoms with Gasteiger partial charge < -0.3 is 9.88 Å². The van der Waals surface area contributed by atoms with Gasteiger partial charge in [0.2, 0.25) is 0 Å². The number of nitrogens with one attached hydrogen (secondary N) is 1. The van der Waals surface area contributed by atoms with Gasteiger partial charge in [-0.3, -0.25) is 4.99 Å². The van der Waals surface area contributed by atoms with E-state index in [1.54, 1.807) is 0 Å². The van der Waals surface area contributed by atoms with Crippen LogP contribution in [0.4, 0.5) is 0 Å². The predicted octanol–water partition coefficient (Wildman–Crippen LogP) is 7.39. The van der Waals surface area contributed by atoms with Crippen molar-refractivity contribution in [1.29, 1.82) is 5.26 Å². The third kappa shape index (κ3) is 4.66. The molecule has 4 nitrogen and oxygen atoms in total. The first-order chi connectivity index (χ1) is 18.8. The lowest BCUT2D eigenvalue weighted by Gasteiger charge is -2.13. The van der Waals surface area contributed by atoms with Crippen LogP contribution in [0.2, 0.25) is 0 Å². The number of fused-ring (bicyclic) bond motifs is 3. The number of para-hydroxylation sites is 2. The third-order valence-electron chi connectivity index (χ3n) is 6.73. The Bertz CT molecular complexity index is 1750. The molecule has 5 aromatic carbocycles. The minimum absolute atomic E-state index is 0.494. The number of benzene rings is 5. The van der Waals surface area contributed by atoms with Crippen molar-refractivity contribution in [2.24, 2.45) is 4.99 Å². The zero-order chi connectivity index (χ0) is 25.7. The maximum atomic E-state index is 9.24. The van der Waals surface area contributed by atoms with Crippen molar-refractivity contribution in [2.75, 3.05) is 0 Å². The summed E-state index contributed by atoms with van der Waals surface area (Å²) in [5, 5.41) is 15.3. The Morgan fingerprint density at radius 2 is 1.34 bits per heavy atom. The third-order valence-corrected chi connectivity index (χ3v) is 6.73. The average molecular weight is 491 g/mol. The summed E-state index contributed by atoms with van der Waals surface area (Å²) in [7, 11) is 0. The first kappa shape index (κ1) is 23.3. The van der Waals surface area contributed by atoms with Gasteiger partial charge in [-0.25, -0.2) is 0 Å². The van der Waals surface area contributed by atoms with Crippen LogP contribution in [0.25, 0.3) is 27.5 Å². The fraction of sp³-hybridized carbons (Fsp3) is 0.0588. The Morgan fingerprint density at radius 3 is 2.08 bits per heavy atom. The van der Waals surface area contributed by atoms with Crippen LogP contribution < -0.4 is 5.32 Å². The molecule has 6 rings (SSSR count). The largest absolute Gasteiger partial charge is 0.366 e. The molecular formula is C34H26N4. The molecule has 0 atom stereocenters. The summed E-state index contributed by atoms with van der Waals surface area (Å²) in [6.07, 6.45) is 0. The molecule has 0 aliphatic heterocycles. The molecule has 0 aliphatic carbocycles. The van der Waals surface area contributed by atoms with Crippen molar-refractivity contribution in [3.05, 3.63) is 150 Å². The molecule has 0 bridgehead atoms. The maximum absolute atomic E-state index is 9.24. The number of hydrogen-bond donors (Lipinski definition) is 1. The van der Waals surface area contributed by atoms with E-state index in [4.69, 9.17) is 4.99 Å². The monoisotopic (exact) mass is 490 g/mol. The Balaban J connectivity index is 1.31. The highest BCUT2D eigenvalue weighted by Gasteiger charge is 2.12. The number of nitriles is 1. The Morgan fingerprint density at radius 1 is 0.684 bits per heavy atom. The van der Waals surface area contributed by atoms with Gasteiger partial charge >= 0.3 is 0 Å². The molecule has 0 radical (unpaired) electrons. The second kappa shape index (κ2) is 10.5. The van der Waals surface area contributed by atoms with Crippen LogP contribution in [0, 0.1) is 11.3 Å². The number of amidine groups is 1. The fourth-order valence-electron chi connectivity index (χ4n) is 4.95. The molecule has 0 saturated heterocycles. The standard InChI is InChI=1S/C34H26N4/c35-22-25-10-8-11-26(20-25)23-36-34(28-13-2-1-3-14-28)37-24-27-12-9-15-29(21-27)38-32-18-6-4-16-30(32)31-17-5-7-19-33(31)38/h1-21H,23-24H2,(H,36,37). The fourth-order valence-corrected chi connectivity index (χ4v) is 4.95. The van der Waals surface area contributed by atoms with E-state index in [2.05, 4.69) is 101 Å². The van der Waals surface area contributed by atoms with Crippen molar-refractivity contribution in [1.82, 2.24) is 9.88 Å². The molecule has 0 spiro atoms. The van der Waals surface area contributed by atoms with Gasteiger partial charge in [0.1, 0.15) is 5.84 Å². The minimum Gasteiger partial charge on any atom is -0.366 e. The number of rotatable bonds is 6. The Labute approximate surface area is 222 Å². The van der Waals surface area contributed by atoms with Gasteiger partial charge in [-0.05, 0) is 47.5 Å². The quantitative estimate of drug-likeness (QED) is 0.195. The van der Waals surface area contributed by atoms with E-state index in [9.17, 15) is 5.26 Å². The first-order valence-electron chi connectivity index (χ1n) is 12.7. The summed E-state index contributed by atoms with van der Waals surface area (Å²) in [5.41, 5.74) is 7.38. The van der Waals surface area contributed by atoms with E-state index >= 15 is 0 Å². The van der Waals surface area contributed by atoms with Crippen molar-refractivity contribution >= 4 is 27.6 Å². The van der Waals surface area contributed by atoms with Gasteiger partial charge in [-0.15, -0.1) is 0 Å². The zero-order valence-corrected chi connectivity index (χ0v) is 20.9. The highest BCUT2D eigenvalue weighted by atomic mass is 15.0. The topological polar surface area (TPSA) is 53.1 Å². The highest BCUT2D eigenvalue weighted by Crippen LogP contribution is 2.31. The number of nitrogens with zero attached hydrogens (tertiary/aromatic N) is 3. The maximum Gasteiger partial charge on any atom is 0.128 e. The van der Waals surface area contributed by atoms with Crippen LogP contribution in [-0.4, -0.2) is 10.4 Å². The Kier molecular flexibility index (Phi) is 6.41. The van der Waals surface area contributed by atoms with E-state index in [1.165, 1.54) is 27.4 Å². The number of aliphatic imine (C=N–C) groups is 1. The average Bonchev–Trinajstić information content (AvgIpc) is 3.32. The second-order valence-corrected chi connectivity index (χ2v) is 9.24. The zero-order valence-electron chi connectivity index (χ0n) is 20.9. The molecule has 1 heterocycles. The lowest BCUT2D eigenvalue weighted by Crippen LogP contribution is -2.24. The highest BCUT2D eigenvalue weighted by molar-refractivity contribution is 6.09. The van der Waals surface area contributed by atoms with Gasteiger partial charge in [-0.1, -0.05) is 91.0 Å². The summed E-state index contributed by atoms with van der Waals surface area (Å²) in [6.45, 7) is 1.13. The molecule has 38 heavy (non-hydrogen) atoms. The second-order valence-electron chi connectivity index (χ2n) is 9.24. The molecule has 0 unspecified atom stereocenters.